The number of rotatable bonds is 5. The topological polar surface area (TPSA) is 37.8 Å². The Balaban J connectivity index is 1.74. The summed E-state index contributed by atoms with van der Waals surface area (Å²) in [5.41, 5.74) is 2.99. The zero-order chi connectivity index (χ0) is 10.5. The van der Waals surface area contributed by atoms with Gasteiger partial charge in [-0.25, -0.2) is 9.97 Å². The Morgan fingerprint density at radius 2 is 2.40 bits per heavy atom. The molecule has 3 nitrogen and oxygen atoms in total. The zero-order valence-corrected chi connectivity index (χ0v) is 10.1. The van der Waals surface area contributed by atoms with Gasteiger partial charge in [-0.05, 0) is 6.92 Å². The number of hydrogen-bond donors (Lipinski definition) is 1. The van der Waals surface area contributed by atoms with E-state index >= 15 is 0 Å². The molecule has 0 fully saturated rings. The zero-order valence-electron chi connectivity index (χ0n) is 8.51. The van der Waals surface area contributed by atoms with Crippen LogP contribution < -0.4 is 5.32 Å². The van der Waals surface area contributed by atoms with Crippen molar-refractivity contribution in [3.63, 3.8) is 0 Å². The number of nitrogens with one attached hydrogen (secondary N) is 1. The van der Waals surface area contributed by atoms with E-state index in [0.717, 1.165) is 18.7 Å². The third kappa shape index (κ3) is 3.09. The molecule has 80 valence electrons. The van der Waals surface area contributed by atoms with Crippen LogP contribution in [-0.4, -0.2) is 16.5 Å². The van der Waals surface area contributed by atoms with E-state index in [1.54, 1.807) is 22.7 Å². The van der Waals surface area contributed by atoms with E-state index in [9.17, 15) is 0 Å². The largest absolute Gasteiger partial charge is 0.308 e. The molecule has 0 radical (unpaired) electrons. The predicted molar refractivity (Wildman–Crippen MR) is 64.3 cm³/mol. The second kappa shape index (κ2) is 5.34. The Labute approximate surface area is 97.2 Å². The molecular formula is C10H13N3S2. The number of hydrogen-bond acceptors (Lipinski definition) is 5. The third-order valence-electron chi connectivity index (χ3n) is 2.17. The van der Waals surface area contributed by atoms with E-state index in [1.165, 1.54) is 5.01 Å². The van der Waals surface area contributed by atoms with E-state index < -0.39 is 0 Å². The average molecular weight is 239 g/mol. The summed E-state index contributed by atoms with van der Waals surface area (Å²) in [7, 11) is 0. The molecule has 2 heterocycles. The lowest BCUT2D eigenvalue weighted by Gasteiger charge is -2.10. The van der Waals surface area contributed by atoms with Crippen molar-refractivity contribution >= 4 is 22.7 Å². The Bertz CT molecular complexity index is 369. The van der Waals surface area contributed by atoms with Crippen LogP contribution in [-0.2, 0) is 6.42 Å². The molecular weight excluding hydrogens is 226 g/mol. The smallest absolute Gasteiger partial charge is 0.0937 e. The first-order chi connectivity index (χ1) is 7.36. The Morgan fingerprint density at radius 1 is 1.47 bits per heavy atom. The van der Waals surface area contributed by atoms with Gasteiger partial charge in [-0.1, -0.05) is 0 Å². The summed E-state index contributed by atoms with van der Waals surface area (Å²) >= 11 is 3.35. The fourth-order valence-corrected chi connectivity index (χ4v) is 2.58. The molecule has 0 amide bonds. The highest BCUT2D eigenvalue weighted by Crippen LogP contribution is 2.12. The van der Waals surface area contributed by atoms with Gasteiger partial charge in [0.25, 0.3) is 0 Å². The van der Waals surface area contributed by atoms with Crippen molar-refractivity contribution in [2.24, 2.45) is 0 Å². The molecule has 0 aromatic carbocycles. The first kappa shape index (κ1) is 10.7. The van der Waals surface area contributed by atoms with Gasteiger partial charge < -0.3 is 5.32 Å². The summed E-state index contributed by atoms with van der Waals surface area (Å²) in [6.45, 7) is 3.09. The van der Waals surface area contributed by atoms with Gasteiger partial charge in [-0.15, -0.1) is 22.7 Å². The van der Waals surface area contributed by atoms with Crippen LogP contribution in [0.5, 0.6) is 0 Å². The minimum atomic E-state index is 0.330. The first-order valence-electron chi connectivity index (χ1n) is 4.86. The molecule has 15 heavy (non-hydrogen) atoms. The molecule has 1 atom stereocenters. The third-order valence-corrected chi connectivity index (χ3v) is 3.61. The lowest BCUT2D eigenvalue weighted by Crippen LogP contribution is -2.21. The molecule has 1 unspecified atom stereocenters. The fraction of sp³-hybridized carbons (Fsp3) is 0.400. The van der Waals surface area contributed by atoms with Crippen molar-refractivity contribution in [3.8, 4) is 0 Å². The van der Waals surface area contributed by atoms with Crippen molar-refractivity contribution in [2.75, 3.05) is 6.54 Å². The summed E-state index contributed by atoms with van der Waals surface area (Å²) < 4.78 is 0. The number of aromatic nitrogens is 2. The molecule has 0 aliphatic heterocycles. The molecule has 2 rings (SSSR count). The average Bonchev–Trinajstić information content (AvgIpc) is 2.90. The predicted octanol–water partition coefficient (Wildman–Crippen LogP) is 2.49. The second-order valence-corrected chi connectivity index (χ2v) is 4.96. The normalized spacial score (nSPS) is 12.9. The van der Waals surface area contributed by atoms with Crippen molar-refractivity contribution in [1.29, 1.82) is 0 Å². The maximum absolute atomic E-state index is 4.27. The summed E-state index contributed by atoms with van der Waals surface area (Å²) in [6.07, 6.45) is 2.84. The van der Waals surface area contributed by atoms with Crippen LogP contribution in [0.1, 0.15) is 23.7 Å². The molecule has 0 saturated carbocycles. The van der Waals surface area contributed by atoms with E-state index in [-0.39, 0.29) is 0 Å². The highest BCUT2D eigenvalue weighted by atomic mass is 32.1. The van der Waals surface area contributed by atoms with Gasteiger partial charge in [0.2, 0.25) is 0 Å². The summed E-state index contributed by atoms with van der Waals surface area (Å²) in [5.74, 6) is 0. The van der Waals surface area contributed by atoms with Gasteiger partial charge in [0.05, 0.1) is 16.2 Å². The van der Waals surface area contributed by atoms with Crippen LogP contribution in [0.15, 0.2) is 22.5 Å². The van der Waals surface area contributed by atoms with Gasteiger partial charge in [0, 0.05) is 36.0 Å². The number of thiazole rings is 2. The van der Waals surface area contributed by atoms with Crippen LogP contribution in [0.2, 0.25) is 0 Å². The number of nitrogens with zero attached hydrogens (tertiary/aromatic N) is 2. The van der Waals surface area contributed by atoms with Gasteiger partial charge in [0.1, 0.15) is 0 Å². The van der Waals surface area contributed by atoms with Crippen molar-refractivity contribution in [1.82, 2.24) is 15.3 Å². The molecule has 1 N–H and O–H groups in total. The second-order valence-electron chi connectivity index (χ2n) is 3.26. The van der Waals surface area contributed by atoms with E-state index in [2.05, 4.69) is 27.6 Å². The summed E-state index contributed by atoms with van der Waals surface area (Å²) in [6, 6.07) is 0.330. The van der Waals surface area contributed by atoms with E-state index in [1.807, 2.05) is 17.1 Å². The molecule has 5 heteroatoms. The summed E-state index contributed by atoms with van der Waals surface area (Å²) in [4.78, 5) is 8.52. The standard InChI is InChI=1S/C10H13N3S2/c1-8(9-6-14-7-13-9)11-3-2-10-12-4-5-15-10/h4-8,11H,2-3H2,1H3. The molecule has 0 aliphatic carbocycles. The minimum absolute atomic E-state index is 0.330. The van der Waals surface area contributed by atoms with Crippen LogP contribution in [0.3, 0.4) is 0 Å². The lowest BCUT2D eigenvalue weighted by molar-refractivity contribution is 0.566. The highest BCUT2D eigenvalue weighted by Gasteiger charge is 2.06. The fourth-order valence-electron chi connectivity index (χ4n) is 1.31. The Kier molecular flexibility index (Phi) is 3.82. The van der Waals surface area contributed by atoms with E-state index in [0.29, 0.717) is 6.04 Å². The van der Waals surface area contributed by atoms with Crippen LogP contribution >= 0.6 is 22.7 Å². The quantitative estimate of drug-likeness (QED) is 0.871. The molecule has 0 saturated heterocycles. The van der Waals surface area contributed by atoms with Gasteiger partial charge in [0.15, 0.2) is 0 Å². The first-order valence-corrected chi connectivity index (χ1v) is 6.68. The van der Waals surface area contributed by atoms with Crippen LogP contribution in [0.4, 0.5) is 0 Å². The van der Waals surface area contributed by atoms with Crippen molar-refractivity contribution < 1.29 is 0 Å². The minimum Gasteiger partial charge on any atom is -0.308 e. The molecule has 0 bridgehead atoms. The van der Waals surface area contributed by atoms with Gasteiger partial charge in [-0.2, -0.15) is 0 Å². The van der Waals surface area contributed by atoms with Crippen molar-refractivity contribution in [3.05, 3.63) is 33.2 Å². The summed E-state index contributed by atoms with van der Waals surface area (Å²) in [5, 5.41) is 8.72. The van der Waals surface area contributed by atoms with Gasteiger partial charge in [-0.3, -0.25) is 0 Å². The van der Waals surface area contributed by atoms with Crippen LogP contribution in [0.25, 0.3) is 0 Å². The highest BCUT2D eigenvalue weighted by molar-refractivity contribution is 7.09. The Morgan fingerprint density at radius 3 is 3.07 bits per heavy atom. The maximum atomic E-state index is 4.27. The van der Waals surface area contributed by atoms with Crippen LogP contribution in [0, 0.1) is 0 Å². The van der Waals surface area contributed by atoms with Crippen molar-refractivity contribution in [2.45, 2.75) is 19.4 Å². The Hall–Kier alpha value is -0.780. The van der Waals surface area contributed by atoms with Gasteiger partial charge >= 0.3 is 0 Å². The molecule has 0 aliphatic rings. The molecule has 2 aromatic rings. The molecule has 0 spiro atoms. The van der Waals surface area contributed by atoms with E-state index in [4.69, 9.17) is 0 Å². The molecule has 2 aromatic heterocycles. The SMILES string of the molecule is CC(NCCc1nccs1)c1cscn1. The maximum Gasteiger partial charge on any atom is 0.0937 e. The monoisotopic (exact) mass is 239 g/mol. The lowest BCUT2D eigenvalue weighted by atomic mass is 10.2.